The number of hydrogen-bond donors (Lipinski definition) is 1. The molecule has 1 N–H and O–H groups in total. The Labute approximate surface area is 149 Å². The van der Waals surface area contributed by atoms with Gasteiger partial charge in [0.2, 0.25) is 11.8 Å². The predicted octanol–water partition coefficient (Wildman–Crippen LogP) is 2.36. The van der Waals surface area contributed by atoms with E-state index in [1.54, 1.807) is 12.0 Å². The van der Waals surface area contributed by atoms with E-state index in [4.69, 9.17) is 9.47 Å². The van der Waals surface area contributed by atoms with Crippen LogP contribution in [-0.2, 0) is 16.1 Å². The highest BCUT2D eigenvalue weighted by molar-refractivity contribution is 5.89. The van der Waals surface area contributed by atoms with Crippen molar-refractivity contribution in [3.63, 3.8) is 0 Å². The van der Waals surface area contributed by atoms with Crippen molar-refractivity contribution in [1.29, 1.82) is 0 Å². The number of methoxy groups -OCH3 is 1. The van der Waals surface area contributed by atoms with Gasteiger partial charge in [-0.15, -0.1) is 0 Å². The summed E-state index contributed by atoms with van der Waals surface area (Å²) in [4.78, 5) is 25.7. The molecule has 1 fully saturated rings. The van der Waals surface area contributed by atoms with Gasteiger partial charge in [0.1, 0.15) is 0 Å². The van der Waals surface area contributed by atoms with Crippen LogP contribution >= 0.6 is 0 Å². The molecule has 1 atom stereocenters. The molecule has 0 aliphatic carbocycles. The van der Waals surface area contributed by atoms with Crippen molar-refractivity contribution in [3.8, 4) is 11.5 Å². The number of nitrogens with zero attached hydrogens (tertiary/aromatic N) is 1. The first kappa shape index (κ1) is 19.1. The Balaban J connectivity index is 1.90. The molecule has 0 saturated carbocycles. The number of carbonyl (C=O) groups excluding carboxylic acids is 2. The number of nitrogens with one attached hydrogen (secondary N) is 1. The lowest BCUT2D eigenvalue weighted by Crippen LogP contribution is -2.32. The van der Waals surface area contributed by atoms with Crippen LogP contribution in [-0.4, -0.2) is 43.5 Å². The fourth-order valence-electron chi connectivity index (χ4n) is 2.85. The maximum absolute atomic E-state index is 12.3. The molecule has 1 aromatic rings. The lowest BCUT2D eigenvalue weighted by Gasteiger charge is -2.15. The van der Waals surface area contributed by atoms with E-state index in [0.717, 1.165) is 18.4 Å². The van der Waals surface area contributed by atoms with Gasteiger partial charge in [-0.05, 0) is 31.0 Å². The molecule has 1 aliphatic rings. The minimum Gasteiger partial charge on any atom is -0.493 e. The van der Waals surface area contributed by atoms with Crippen LogP contribution in [0.4, 0.5) is 0 Å². The Morgan fingerprint density at radius 2 is 2.12 bits per heavy atom. The number of hydrogen-bond acceptors (Lipinski definition) is 4. The number of ether oxygens (including phenoxy) is 2. The van der Waals surface area contributed by atoms with E-state index in [-0.39, 0.29) is 17.7 Å². The van der Waals surface area contributed by atoms with E-state index in [1.807, 2.05) is 25.1 Å². The molecule has 1 unspecified atom stereocenters. The van der Waals surface area contributed by atoms with Gasteiger partial charge in [0.25, 0.3) is 0 Å². The maximum atomic E-state index is 12.3. The van der Waals surface area contributed by atoms with Gasteiger partial charge in [-0.2, -0.15) is 0 Å². The molecule has 0 bridgehead atoms. The first-order valence-electron chi connectivity index (χ1n) is 8.94. The van der Waals surface area contributed by atoms with Crippen LogP contribution in [0.25, 0.3) is 0 Å². The lowest BCUT2D eigenvalue weighted by molar-refractivity contribution is -0.128. The van der Waals surface area contributed by atoms with Gasteiger partial charge < -0.3 is 19.7 Å². The third-order valence-corrected chi connectivity index (χ3v) is 4.42. The maximum Gasteiger partial charge on any atom is 0.225 e. The Morgan fingerprint density at radius 3 is 2.76 bits per heavy atom. The molecular formula is C19H28N2O4. The van der Waals surface area contributed by atoms with E-state index in [2.05, 4.69) is 12.2 Å². The van der Waals surface area contributed by atoms with E-state index in [9.17, 15) is 9.59 Å². The Bertz CT molecular complexity index is 603. The quantitative estimate of drug-likeness (QED) is 0.696. The second-order valence-corrected chi connectivity index (χ2v) is 6.24. The summed E-state index contributed by atoms with van der Waals surface area (Å²) < 4.78 is 11.1. The monoisotopic (exact) mass is 348 g/mol. The highest BCUT2D eigenvalue weighted by Crippen LogP contribution is 2.28. The average Bonchev–Trinajstić information content (AvgIpc) is 3.01. The van der Waals surface area contributed by atoms with Crippen LogP contribution in [0.2, 0.25) is 0 Å². The number of unbranched alkanes of at least 4 members (excludes halogenated alkanes) is 1. The minimum absolute atomic E-state index is 0.0536. The molecule has 0 radical (unpaired) electrons. The van der Waals surface area contributed by atoms with Crippen LogP contribution < -0.4 is 14.8 Å². The van der Waals surface area contributed by atoms with Crippen molar-refractivity contribution in [1.82, 2.24) is 10.2 Å². The van der Waals surface area contributed by atoms with E-state index in [0.29, 0.717) is 44.2 Å². The van der Waals surface area contributed by atoms with Gasteiger partial charge in [-0.25, -0.2) is 0 Å². The van der Waals surface area contributed by atoms with E-state index in [1.165, 1.54) is 0 Å². The lowest BCUT2D eigenvalue weighted by atomic mass is 10.1. The summed E-state index contributed by atoms with van der Waals surface area (Å²) in [5.41, 5.74) is 0.935. The van der Waals surface area contributed by atoms with Crippen LogP contribution in [0.15, 0.2) is 18.2 Å². The molecule has 6 heteroatoms. The van der Waals surface area contributed by atoms with Crippen LogP contribution in [0.1, 0.15) is 38.7 Å². The number of benzene rings is 1. The minimum atomic E-state index is -0.258. The number of rotatable bonds is 9. The van der Waals surface area contributed by atoms with Gasteiger partial charge in [-0.3, -0.25) is 9.59 Å². The van der Waals surface area contributed by atoms with Crippen LogP contribution in [0, 0.1) is 5.92 Å². The molecule has 25 heavy (non-hydrogen) atoms. The summed E-state index contributed by atoms with van der Waals surface area (Å²) in [5, 5.41) is 2.91. The highest BCUT2D eigenvalue weighted by Gasteiger charge is 2.33. The van der Waals surface area contributed by atoms with E-state index < -0.39 is 0 Å². The standard InChI is InChI=1S/C19H28N2O4/c1-4-6-9-25-16-8-7-14(10-17(16)24-3)12-20-19(23)15-11-18(22)21(5-2)13-15/h7-8,10,15H,4-6,9,11-13H2,1-3H3,(H,20,23). The van der Waals surface area contributed by atoms with Gasteiger partial charge in [0.15, 0.2) is 11.5 Å². The highest BCUT2D eigenvalue weighted by atomic mass is 16.5. The topological polar surface area (TPSA) is 67.9 Å². The van der Waals surface area contributed by atoms with Gasteiger partial charge in [0.05, 0.1) is 19.6 Å². The van der Waals surface area contributed by atoms with Crippen LogP contribution in [0.3, 0.4) is 0 Å². The zero-order chi connectivity index (χ0) is 18.2. The normalized spacial score (nSPS) is 16.8. The first-order chi connectivity index (χ1) is 12.1. The number of amides is 2. The summed E-state index contributed by atoms with van der Waals surface area (Å²) >= 11 is 0. The summed E-state index contributed by atoms with van der Waals surface area (Å²) in [6.45, 7) is 6.26. The average molecular weight is 348 g/mol. The summed E-state index contributed by atoms with van der Waals surface area (Å²) in [5.74, 6) is 1.09. The zero-order valence-electron chi connectivity index (χ0n) is 15.3. The molecule has 1 aromatic carbocycles. The van der Waals surface area contributed by atoms with Crippen molar-refractivity contribution < 1.29 is 19.1 Å². The number of carbonyl (C=O) groups is 2. The second kappa shape index (κ2) is 9.30. The molecular weight excluding hydrogens is 320 g/mol. The van der Waals surface area contributed by atoms with Crippen molar-refractivity contribution in [2.45, 2.75) is 39.7 Å². The first-order valence-corrected chi connectivity index (χ1v) is 8.94. The Morgan fingerprint density at radius 1 is 1.32 bits per heavy atom. The fourth-order valence-corrected chi connectivity index (χ4v) is 2.85. The second-order valence-electron chi connectivity index (χ2n) is 6.24. The fraction of sp³-hybridized carbons (Fsp3) is 0.579. The number of likely N-dealkylation sites (tertiary alicyclic amines) is 1. The molecule has 1 saturated heterocycles. The third-order valence-electron chi connectivity index (χ3n) is 4.42. The van der Waals surface area contributed by atoms with E-state index >= 15 is 0 Å². The summed E-state index contributed by atoms with van der Waals surface area (Å²) in [7, 11) is 1.61. The largest absolute Gasteiger partial charge is 0.493 e. The molecule has 2 amide bonds. The smallest absolute Gasteiger partial charge is 0.225 e. The van der Waals surface area contributed by atoms with Crippen molar-refractivity contribution >= 4 is 11.8 Å². The SMILES string of the molecule is CCCCOc1ccc(CNC(=O)C2CC(=O)N(CC)C2)cc1OC. The van der Waals surface area contributed by atoms with Gasteiger partial charge in [0, 0.05) is 26.1 Å². The Kier molecular flexibility index (Phi) is 7.10. The summed E-state index contributed by atoms with van der Waals surface area (Å²) in [6.07, 6.45) is 2.37. The van der Waals surface area contributed by atoms with Crippen molar-refractivity contribution in [2.75, 3.05) is 26.8 Å². The zero-order valence-corrected chi connectivity index (χ0v) is 15.3. The Hall–Kier alpha value is -2.24. The van der Waals surface area contributed by atoms with Gasteiger partial charge >= 0.3 is 0 Å². The van der Waals surface area contributed by atoms with Crippen molar-refractivity contribution in [2.24, 2.45) is 5.92 Å². The molecule has 2 rings (SSSR count). The van der Waals surface area contributed by atoms with Crippen molar-refractivity contribution in [3.05, 3.63) is 23.8 Å². The molecule has 6 nitrogen and oxygen atoms in total. The molecule has 0 spiro atoms. The summed E-state index contributed by atoms with van der Waals surface area (Å²) in [6, 6.07) is 5.66. The van der Waals surface area contributed by atoms with Crippen LogP contribution in [0.5, 0.6) is 11.5 Å². The molecule has 138 valence electrons. The molecule has 1 heterocycles. The predicted molar refractivity (Wildman–Crippen MR) is 95.6 cm³/mol. The van der Waals surface area contributed by atoms with Gasteiger partial charge in [-0.1, -0.05) is 19.4 Å². The molecule has 1 aliphatic heterocycles. The third kappa shape index (κ3) is 5.11. The molecule has 0 aromatic heterocycles.